The van der Waals surface area contributed by atoms with Gasteiger partial charge in [0.05, 0.1) is 16.2 Å². The quantitative estimate of drug-likeness (QED) is 0.416. The summed E-state index contributed by atoms with van der Waals surface area (Å²) in [7, 11) is 0. The highest BCUT2D eigenvalue weighted by molar-refractivity contribution is 14.1. The first-order chi connectivity index (χ1) is 11.5. The number of non-ortho nitro benzene ring substituents is 1. The largest absolute Gasteiger partial charge is 0.298 e. The minimum absolute atomic E-state index is 0.0908. The highest BCUT2D eigenvalue weighted by Gasteiger charge is 2.19. The molecule has 126 valence electrons. The summed E-state index contributed by atoms with van der Waals surface area (Å²) in [6.45, 7) is 0. The predicted molar refractivity (Wildman–Crippen MR) is 102 cm³/mol. The molecule has 0 saturated carbocycles. The van der Waals surface area contributed by atoms with Gasteiger partial charge in [0.15, 0.2) is 5.13 Å². The fourth-order valence-corrected chi connectivity index (χ4v) is 4.35. The molecule has 3 rings (SSSR count). The molecular formula is C16H16IN3O3S. The number of nitrogens with one attached hydrogen (secondary N) is 1. The predicted octanol–water partition coefficient (Wildman–Crippen LogP) is 4.57. The Morgan fingerprint density at radius 1 is 1.25 bits per heavy atom. The number of nitro benzene ring substituents is 1. The average molecular weight is 457 g/mol. The first kappa shape index (κ1) is 17.3. The van der Waals surface area contributed by atoms with Gasteiger partial charge in [-0.3, -0.25) is 20.2 Å². The lowest BCUT2D eigenvalue weighted by Gasteiger charge is -2.06. The Balaban J connectivity index is 1.81. The van der Waals surface area contributed by atoms with E-state index in [-0.39, 0.29) is 11.6 Å². The number of rotatable bonds is 3. The van der Waals surface area contributed by atoms with Gasteiger partial charge in [-0.15, -0.1) is 11.3 Å². The van der Waals surface area contributed by atoms with Crippen molar-refractivity contribution < 1.29 is 9.72 Å². The zero-order valence-corrected chi connectivity index (χ0v) is 15.9. The lowest BCUT2D eigenvalue weighted by molar-refractivity contribution is -0.384. The van der Waals surface area contributed by atoms with E-state index in [0.29, 0.717) is 14.3 Å². The molecule has 1 amide bonds. The molecule has 0 atom stereocenters. The maximum Gasteiger partial charge on any atom is 0.270 e. The Kier molecular flexibility index (Phi) is 5.44. The number of carbonyl (C=O) groups excluding carboxylic acids is 1. The second kappa shape index (κ2) is 7.56. The van der Waals surface area contributed by atoms with E-state index in [1.807, 2.05) is 22.6 Å². The number of fused-ring (bicyclic) bond motifs is 1. The van der Waals surface area contributed by atoms with Gasteiger partial charge in [0, 0.05) is 20.6 Å². The van der Waals surface area contributed by atoms with Crippen LogP contribution in [0.2, 0.25) is 0 Å². The molecule has 1 aliphatic carbocycles. The third-order valence-corrected chi connectivity index (χ3v) is 5.99. The minimum atomic E-state index is -0.498. The zero-order valence-electron chi connectivity index (χ0n) is 12.9. The van der Waals surface area contributed by atoms with Crippen LogP contribution in [0.1, 0.15) is 46.6 Å². The van der Waals surface area contributed by atoms with Crippen LogP contribution in [-0.2, 0) is 12.8 Å². The molecule has 6 nitrogen and oxygen atoms in total. The topological polar surface area (TPSA) is 85.1 Å². The maximum atomic E-state index is 12.5. The fraction of sp³-hybridized carbons (Fsp3) is 0.375. The third kappa shape index (κ3) is 3.92. The van der Waals surface area contributed by atoms with E-state index < -0.39 is 4.92 Å². The summed E-state index contributed by atoms with van der Waals surface area (Å²) < 4.78 is 0.672. The number of amides is 1. The second-order valence-electron chi connectivity index (χ2n) is 5.68. The van der Waals surface area contributed by atoms with E-state index in [9.17, 15) is 14.9 Å². The van der Waals surface area contributed by atoms with Crippen LogP contribution in [0.3, 0.4) is 0 Å². The fourth-order valence-electron chi connectivity index (χ4n) is 2.72. The maximum absolute atomic E-state index is 12.5. The van der Waals surface area contributed by atoms with Crippen LogP contribution in [0.5, 0.6) is 0 Å². The highest BCUT2D eigenvalue weighted by Crippen LogP contribution is 2.29. The normalized spacial score (nSPS) is 14.4. The molecule has 0 saturated heterocycles. The van der Waals surface area contributed by atoms with Crippen LogP contribution < -0.4 is 5.32 Å². The number of hydrogen-bond donors (Lipinski definition) is 1. The Labute approximate surface area is 157 Å². The summed E-state index contributed by atoms with van der Waals surface area (Å²) in [6, 6.07) is 4.28. The Hall–Kier alpha value is -1.55. The molecule has 0 fully saturated rings. The van der Waals surface area contributed by atoms with Gasteiger partial charge in [-0.2, -0.15) is 0 Å². The molecular weight excluding hydrogens is 441 g/mol. The smallest absolute Gasteiger partial charge is 0.270 e. The van der Waals surface area contributed by atoms with Gasteiger partial charge in [0.25, 0.3) is 11.6 Å². The summed E-state index contributed by atoms with van der Waals surface area (Å²) in [6.07, 6.45) is 6.72. The number of hydrogen-bond acceptors (Lipinski definition) is 5. The van der Waals surface area contributed by atoms with E-state index >= 15 is 0 Å². The van der Waals surface area contributed by atoms with Crippen LogP contribution >= 0.6 is 33.9 Å². The number of nitro groups is 1. The summed E-state index contributed by atoms with van der Waals surface area (Å²) in [4.78, 5) is 28.7. The van der Waals surface area contributed by atoms with E-state index in [2.05, 4.69) is 10.3 Å². The van der Waals surface area contributed by atoms with Gasteiger partial charge in [0.1, 0.15) is 0 Å². The van der Waals surface area contributed by atoms with Gasteiger partial charge >= 0.3 is 0 Å². The van der Waals surface area contributed by atoms with E-state index in [1.54, 1.807) is 6.07 Å². The highest BCUT2D eigenvalue weighted by atomic mass is 127. The number of aryl methyl sites for hydroxylation is 2. The van der Waals surface area contributed by atoms with Gasteiger partial charge in [-0.1, -0.05) is 12.8 Å². The van der Waals surface area contributed by atoms with Gasteiger partial charge in [-0.05, 0) is 54.3 Å². The van der Waals surface area contributed by atoms with Gasteiger partial charge < -0.3 is 0 Å². The van der Waals surface area contributed by atoms with Crippen molar-refractivity contribution in [2.45, 2.75) is 38.5 Å². The molecule has 1 heterocycles. The summed E-state index contributed by atoms with van der Waals surface area (Å²) in [5.41, 5.74) is 1.29. The van der Waals surface area contributed by atoms with Gasteiger partial charge in [-0.25, -0.2) is 4.98 Å². The molecule has 0 unspecified atom stereocenters. The van der Waals surface area contributed by atoms with E-state index in [0.717, 1.165) is 31.4 Å². The first-order valence-corrected chi connectivity index (χ1v) is 9.68. The molecule has 1 N–H and O–H groups in total. The number of benzene rings is 1. The van der Waals surface area contributed by atoms with Crippen LogP contribution in [0, 0.1) is 13.7 Å². The molecule has 0 spiro atoms. The van der Waals surface area contributed by atoms with Crippen molar-refractivity contribution in [2.75, 3.05) is 5.32 Å². The number of anilines is 1. The summed E-state index contributed by atoms with van der Waals surface area (Å²) >= 11 is 3.52. The monoisotopic (exact) mass is 457 g/mol. The third-order valence-electron chi connectivity index (χ3n) is 3.97. The Bertz CT molecular complexity index is 765. The van der Waals surface area contributed by atoms with Crippen LogP contribution in [0.15, 0.2) is 18.2 Å². The molecule has 1 aromatic heterocycles. The van der Waals surface area contributed by atoms with Gasteiger partial charge in [0.2, 0.25) is 0 Å². The SMILES string of the molecule is O=C(Nc1nc2c(s1)CCCCCC2)c1cc([N+](=O)[O-])ccc1I. The van der Waals surface area contributed by atoms with Crippen molar-refractivity contribution in [2.24, 2.45) is 0 Å². The minimum Gasteiger partial charge on any atom is -0.298 e. The Morgan fingerprint density at radius 2 is 2.00 bits per heavy atom. The average Bonchev–Trinajstić information content (AvgIpc) is 2.88. The standard InChI is InChI=1S/C16H16IN3O3S/c17-12-8-7-10(20(22)23)9-11(12)15(21)19-16-18-13-5-3-1-2-4-6-14(13)24-16/h7-9H,1-6H2,(H,18,19,21). The number of halogens is 1. The molecule has 0 bridgehead atoms. The molecule has 24 heavy (non-hydrogen) atoms. The second-order valence-corrected chi connectivity index (χ2v) is 7.92. The van der Waals surface area contributed by atoms with Crippen molar-refractivity contribution in [3.05, 3.63) is 48.0 Å². The molecule has 1 aliphatic rings. The number of carbonyl (C=O) groups is 1. The lowest BCUT2D eigenvalue weighted by Crippen LogP contribution is -2.13. The first-order valence-electron chi connectivity index (χ1n) is 7.78. The lowest BCUT2D eigenvalue weighted by atomic mass is 10.0. The van der Waals surface area contributed by atoms with Crippen molar-refractivity contribution >= 4 is 50.7 Å². The van der Waals surface area contributed by atoms with Crippen LogP contribution in [0.4, 0.5) is 10.8 Å². The number of thiazole rings is 1. The van der Waals surface area contributed by atoms with Crippen molar-refractivity contribution in [1.29, 1.82) is 0 Å². The van der Waals surface area contributed by atoms with Crippen molar-refractivity contribution in [1.82, 2.24) is 4.98 Å². The van der Waals surface area contributed by atoms with Crippen LogP contribution in [0.25, 0.3) is 0 Å². The molecule has 1 aromatic carbocycles. The zero-order chi connectivity index (χ0) is 17.1. The van der Waals surface area contributed by atoms with E-state index in [4.69, 9.17) is 0 Å². The molecule has 0 radical (unpaired) electrons. The van der Waals surface area contributed by atoms with Crippen LogP contribution in [-0.4, -0.2) is 15.8 Å². The summed E-state index contributed by atoms with van der Waals surface area (Å²) in [5.74, 6) is -0.357. The van der Waals surface area contributed by atoms with Crippen molar-refractivity contribution in [3.8, 4) is 0 Å². The number of aromatic nitrogens is 1. The van der Waals surface area contributed by atoms with E-state index in [1.165, 1.54) is 41.2 Å². The molecule has 2 aromatic rings. The molecule has 0 aliphatic heterocycles. The molecule has 8 heteroatoms. The number of nitrogens with zero attached hydrogens (tertiary/aromatic N) is 2. The van der Waals surface area contributed by atoms with Crippen molar-refractivity contribution in [3.63, 3.8) is 0 Å². The summed E-state index contributed by atoms with van der Waals surface area (Å²) in [5, 5.41) is 14.3. The Morgan fingerprint density at radius 3 is 2.75 bits per heavy atom.